The molecule has 2 N–H and O–H groups in total. The molecule has 0 aliphatic rings. The summed E-state index contributed by atoms with van der Waals surface area (Å²) in [6.07, 6.45) is 1.48. The summed E-state index contributed by atoms with van der Waals surface area (Å²) in [5.74, 6) is -0.366. The second-order valence-corrected chi connectivity index (χ2v) is 5.96. The Balaban J connectivity index is 2.30. The standard InChI is InChI=1S/C18H15BrN2O2/c1-11-4-3-5-12(2)17(11)21-18(23)14(10-20)8-13-6-7-16(22)15(19)9-13/h3-9,22H,1-2H3,(H,21,23)/b14-8+. The van der Waals surface area contributed by atoms with Crippen molar-refractivity contribution in [2.45, 2.75) is 13.8 Å². The monoisotopic (exact) mass is 370 g/mol. The van der Waals surface area contributed by atoms with Gasteiger partial charge >= 0.3 is 0 Å². The van der Waals surface area contributed by atoms with Crippen LogP contribution in [0.4, 0.5) is 5.69 Å². The number of phenols is 1. The molecular weight excluding hydrogens is 356 g/mol. The lowest BCUT2D eigenvalue weighted by Gasteiger charge is -2.11. The van der Waals surface area contributed by atoms with E-state index in [1.54, 1.807) is 12.1 Å². The molecule has 0 radical (unpaired) electrons. The topological polar surface area (TPSA) is 73.1 Å². The molecule has 0 bridgehead atoms. The lowest BCUT2D eigenvalue weighted by Crippen LogP contribution is -2.15. The summed E-state index contributed by atoms with van der Waals surface area (Å²) in [6.45, 7) is 3.80. The number of aromatic hydroxyl groups is 1. The van der Waals surface area contributed by atoms with Gasteiger partial charge in [-0.2, -0.15) is 5.26 Å². The summed E-state index contributed by atoms with van der Waals surface area (Å²) in [6, 6.07) is 12.4. The predicted molar refractivity (Wildman–Crippen MR) is 93.9 cm³/mol. The molecule has 2 aromatic carbocycles. The number of halogens is 1. The Morgan fingerprint density at radius 1 is 1.26 bits per heavy atom. The van der Waals surface area contributed by atoms with Gasteiger partial charge in [-0.1, -0.05) is 24.3 Å². The number of hydrogen-bond donors (Lipinski definition) is 2. The van der Waals surface area contributed by atoms with Gasteiger partial charge < -0.3 is 10.4 Å². The molecule has 0 unspecified atom stereocenters. The van der Waals surface area contributed by atoms with Gasteiger partial charge in [-0.25, -0.2) is 0 Å². The van der Waals surface area contributed by atoms with Crippen LogP contribution < -0.4 is 5.32 Å². The van der Waals surface area contributed by atoms with Crippen molar-refractivity contribution in [2.24, 2.45) is 0 Å². The van der Waals surface area contributed by atoms with Gasteiger partial charge in [-0.15, -0.1) is 0 Å². The summed E-state index contributed by atoms with van der Waals surface area (Å²) >= 11 is 3.21. The maximum Gasteiger partial charge on any atom is 0.266 e. The largest absolute Gasteiger partial charge is 0.507 e. The van der Waals surface area contributed by atoms with Crippen LogP contribution in [0.2, 0.25) is 0 Å². The van der Waals surface area contributed by atoms with Crippen molar-refractivity contribution >= 4 is 33.6 Å². The molecule has 0 saturated heterocycles. The van der Waals surface area contributed by atoms with Crippen molar-refractivity contribution in [3.8, 4) is 11.8 Å². The summed E-state index contributed by atoms with van der Waals surface area (Å²) in [7, 11) is 0. The van der Waals surface area contributed by atoms with Crippen LogP contribution >= 0.6 is 15.9 Å². The fraction of sp³-hybridized carbons (Fsp3) is 0.111. The van der Waals surface area contributed by atoms with E-state index in [0.717, 1.165) is 11.1 Å². The number of aryl methyl sites for hydroxylation is 2. The average Bonchev–Trinajstić information content (AvgIpc) is 2.52. The van der Waals surface area contributed by atoms with Gasteiger partial charge in [0.05, 0.1) is 4.47 Å². The normalized spacial score (nSPS) is 11.0. The van der Waals surface area contributed by atoms with Crippen molar-refractivity contribution in [3.63, 3.8) is 0 Å². The zero-order valence-electron chi connectivity index (χ0n) is 12.7. The number of rotatable bonds is 3. The van der Waals surface area contributed by atoms with E-state index in [1.807, 2.05) is 38.1 Å². The smallest absolute Gasteiger partial charge is 0.266 e. The fourth-order valence-electron chi connectivity index (χ4n) is 2.12. The molecular formula is C18H15BrN2O2. The van der Waals surface area contributed by atoms with Gasteiger partial charge in [0.25, 0.3) is 5.91 Å². The van der Waals surface area contributed by atoms with E-state index in [1.165, 1.54) is 12.1 Å². The molecule has 0 spiro atoms. The van der Waals surface area contributed by atoms with Crippen LogP contribution in [0.5, 0.6) is 5.75 Å². The minimum absolute atomic E-state index is 0.00903. The van der Waals surface area contributed by atoms with Gasteiger partial charge in [0.15, 0.2) is 0 Å². The molecule has 0 saturated carbocycles. The molecule has 116 valence electrons. The van der Waals surface area contributed by atoms with E-state index in [4.69, 9.17) is 0 Å². The van der Waals surface area contributed by atoms with Crippen molar-refractivity contribution in [2.75, 3.05) is 5.32 Å². The third-order valence-corrected chi connectivity index (χ3v) is 4.00. The number of amides is 1. The summed E-state index contributed by atoms with van der Waals surface area (Å²) in [5, 5.41) is 21.5. The van der Waals surface area contributed by atoms with Crippen LogP contribution in [0.25, 0.3) is 6.08 Å². The first kappa shape index (κ1) is 16.8. The molecule has 23 heavy (non-hydrogen) atoms. The summed E-state index contributed by atoms with van der Waals surface area (Å²) in [5.41, 5.74) is 3.21. The number of anilines is 1. The maximum absolute atomic E-state index is 12.3. The molecule has 0 fully saturated rings. The van der Waals surface area contributed by atoms with E-state index < -0.39 is 5.91 Å². The summed E-state index contributed by atoms with van der Waals surface area (Å²) in [4.78, 5) is 12.3. The number of carbonyl (C=O) groups excluding carboxylic acids is 1. The number of hydrogen-bond acceptors (Lipinski definition) is 3. The molecule has 5 heteroatoms. The minimum atomic E-state index is -0.464. The molecule has 0 atom stereocenters. The van der Waals surface area contributed by atoms with Crippen molar-refractivity contribution in [3.05, 3.63) is 63.1 Å². The highest BCUT2D eigenvalue weighted by Crippen LogP contribution is 2.25. The lowest BCUT2D eigenvalue weighted by molar-refractivity contribution is -0.112. The number of phenolic OH excluding ortho intramolecular Hbond substituents is 1. The number of para-hydroxylation sites is 1. The van der Waals surface area contributed by atoms with Crippen LogP contribution in [0.1, 0.15) is 16.7 Å². The SMILES string of the molecule is Cc1cccc(C)c1NC(=O)/C(C#N)=C/c1ccc(O)c(Br)c1. The third-order valence-electron chi connectivity index (χ3n) is 3.37. The number of carbonyl (C=O) groups is 1. The highest BCUT2D eigenvalue weighted by atomic mass is 79.9. The quantitative estimate of drug-likeness (QED) is 0.624. The second-order valence-electron chi connectivity index (χ2n) is 5.10. The van der Waals surface area contributed by atoms with Crippen molar-refractivity contribution in [1.29, 1.82) is 5.26 Å². The lowest BCUT2D eigenvalue weighted by atomic mass is 10.1. The molecule has 0 aromatic heterocycles. The molecule has 2 rings (SSSR count). The Morgan fingerprint density at radius 2 is 1.91 bits per heavy atom. The zero-order chi connectivity index (χ0) is 17.0. The molecule has 0 aliphatic carbocycles. The summed E-state index contributed by atoms with van der Waals surface area (Å²) < 4.78 is 0.499. The number of nitrogens with zero attached hydrogens (tertiary/aromatic N) is 1. The third kappa shape index (κ3) is 3.99. The van der Waals surface area contributed by atoms with E-state index in [9.17, 15) is 15.2 Å². The Kier molecular flexibility index (Phi) is 5.20. The number of nitrogens with one attached hydrogen (secondary N) is 1. The van der Waals surface area contributed by atoms with Crippen LogP contribution in [0.3, 0.4) is 0 Å². The first-order valence-electron chi connectivity index (χ1n) is 6.90. The average molecular weight is 371 g/mol. The van der Waals surface area contributed by atoms with Crippen molar-refractivity contribution in [1.82, 2.24) is 0 Å². The minimum Gasteiger partial charge on any atom is -0.507 e. The highest BCUT2D eigenvalue weighted by Gasteiger charge is 2.12. The van der Waals surface area contributed by atoms with Gasteiger partial charge in [-0.3, -0.25) is 4.79 Å². The zero-order valence-corrected chi connectivity index (χ0v) is 14.3. The van der Waals surface area contributed by atoms with Gasteiger partial charge in [0.2, 0.25) is 0 Å². The van der Waals surface area contributed by atoms with Crippen LogP contribution in [0.15, 0.2) is 46.4 Å². The van der Waals surface area contributed by atoms with E-state index in [2.05, 4.69) is 21.2 Å². The fourth-order valence-corrected chi connectivity index (χ4v) is 2.52. The molecule has 0 heterocycles. The number of benzene rings is 2. The molecule has 2 aromatic rings. The van der Waals surface area contributed by atoms with Crippen LogP contribution in [-0.4, -0.2) is 11.0 Å². The maximum atomic E-state index is 12.3. The Hall–Kier alpha value is -2.58. The van der Waals surface area contributed by atoms with Crippen LogP contribution in [-0.2, 0) is 4.79 Å². The van der Waals surface area contributed by atoms with Crippen LogP contribution in [0, 0.1) is 25.2 Å². The Bertz CT molecular complexity index is 815. The number of nitriles is 1. The van der Waals surface area contributed by atoms with E-state index in [0.29, 0.717) is 15.7 Å². The first-order valence-corrected chi connectivity index (χ1v) is 7.69. The first-order chi connectivity index (χ1) is 10.9. The molecule has 4 nitrogen and oxygen atoms in total. The van der Waals surface area contributed by atoms with Gasteiger partial charge in [-0.05, 0) is 64.7 Å². The molecule has 1 amide bonds. The second kappa shape index (κ2) is 7.12. The van der Waals surface area contributed by atoms with Gasteiger partial charge in [0, 0.05) is 5.69 Å². The highest BCUT2D eigenvalue weighted by molar-refractivity contribution is 9.10. The predicted octanol–water partition coefficient (Wildman–Crippen LogP) is 4.32. The van der Waals surface area contributed by atoms with Crippen molar-refractivity contribution < 1.29 is 9.90 Å². The Morgan fingerprint density at radius 3 is 2.48 bits per heavy atom. The van der Waals surface area contributed by atoms with Gasteiger partial charge in [0.1, 0.15) is 17.4 Å². The van der Waals surface area contributed by atoms with E-state index in [-0.39, 0.29) is 11.3 Å². The Labute approximate surface area is 143 Å². The van der Waals surface area contributed by atoms with E-state index >= 15 is 0 Å². The molecule has 0 aliphatic heterocycles.